The molecule has 0 aromatic carbocycles. The van der Waals surface area contributed by atoms with Gasteiger partial charge in [-0.15, -0.1) is 0 Å². The van der Waals surface area contributed by atoms with Crippen LogP contribution in [0, 0.1) is 17.8 Å². The molecule has 0 amide bonds. The molecule has 1 aromatic heterocycles. The summed E-state index contributed by atoms with van der Waals surface area (Å²) in [7, 11) is 0. The van der Waals surface area contributed by atoms with Gasteiger partial charge in [-0.1, -0.05) is 11.8 Å². The maximum atomic E-state index is 4.03. The molecule has 60 valence electrons. The standard InChI is InChI=1S/C10H8BrN/c11-10-5-9(6-12-7-10)4-3-8-1-2-8/h5-8H,1-2H2. The summed E-state index contributed by atoms with van der Waals surface area (Å²) in [5, 5.41) is 0. The lowest BCUT2D eigenvalue weighted by Crippen LogP contribution is -1.77. The average molecular weight is 222 g/mol. The van der Waals surface area contributed by atoms with Crippen LogP contribution in [0.5, 0.6) is 0 Å². The molecule has 1 saturated carbocycles. The zero-order chi connectivity index (χ0) is 8.39. The summed E-state index contributed by atoms with van der Waals surface area (Å²) in [5.74, 6) is 6.95. The normalized spacial score (nSPS) is 15.1. The second-order valence-electron chi connectivity index (χ2n) is 2.94. The van der Waals surface area contributed by atoms with Crippen LogP contribution in [0.3, 0.4) is 0 Å². The Balaban J connectivity index is 2.18. The van der Waals surface area contributed by atoms with Crippen molar-refractivity contribution in [2.24, 2.45) is 5.92 Å². The van der Waals surface area contributed by atoms with Gasteiger partial charge < -0.3 is 0 Å². The second-order valence-corrected chi connectivity index (χ2v) is 3.85. The summed E-state index contributed by atoms with van der Waals surface area (Å²) in [6, 6.07) is 1.99. The SMILES string of the molecule is Brc1cncc(C#CC2CC2)c1. The molecule has 1 aliphatic carbocycles. The number of halogens is 1. The quantitative estimate of drug-likeness (QED) is 0.615. The zero-order valence-corrected chi connectivity index (χ0v) is 8.13. The summed E-state index contributed by atoms with van der Waals surface area (Å²) in [6.07, 6.45) is 6.10. The molecule has 0 saturated heterocycles. The highest BCUT2D eigenvalue weighted by Crippen LogP contribution is 2.27. The van der Waals surface area contributed by atoms with Gasteiger partial charge in [0.1, 0.15) is 0 Å². The highest BCUT2D eigenvalue weighted by atomic mass is 79.9. The smallest absolute Gasteiger partial charge is 0.0440 e. The van der Waals surface area contributed by atoms with Crippen molar-refractivity contribution in [1.82, 2.24) is 4.98 Å². The molecule has 2 rings (SSSR count). The summed E-state index contributed by atoms with van der Waals surface area (Å²) in [4.78, 5) is 4.03. The molecule has 0 radical (unpaired) electrons. The fraction of sp³-hybridized carbons (Fsp3) is 0.300. The predicted molar refractivity (Wildman–Crippen MR) is 51.5 cm³/mol. The Bertz CT molecular complexity index is 344. The van der Waals surface area contributed by atoms with Gasteiger partial charge in [0.05, 0.1) is 0 Å². The van der Waals surface area contributed by atoms with E-state index in [4.69, 9.17) is 0 Å². The van der Waals surface area contributed by atoms with Crippen LogP contribution in [0.4, 0.5) is 0 Å². The molecule has 0 aliphatic heterocycles. The van der Waals surface area contributed by atoms with Crippen LogP contribution in [0.2, 0.25) is 0 Å². The Hall–Kier alpha value is -0.810. The first kappa shape index (κ1) is 7.82. The van der Waals surface area contributed by atoms with Gasteiger partial charge in [-0.25, -0.2) is 0 Å². The van der Waals surface area contributed by atoms with Crippen molar-refractivity contribution >= 4 is 15.9 Å². The molecule has 1 heterocycles. The minimum absolute atomic E-state index is 0.656. The third kappa shape index (κ3) is 2.09. The van der Waals surface area contributed by atoms with E-state index in [1.807, 2.05) is 6.07 Å². The van der Waals surface area contributed by atoms with Crippen molar-refractivity contribution in [3.8, 4) is 11.8 Å². The van der Waals surface area contributed by atoms with Gasteiger partial charge in [0.25, 0.3) is 0 Å². The van der Waals surface area contributed by atoms with Crippen molar-refractivity contribution in [2.45, 2.75) is 12.8 Å². The van der Waals surface area contributed by atoms with E-state index in [1.165, 1.54) is 12.8 Å². The molecule has 0 unspecified atom stereocenters. The molecular weight excluding hydrogens is 214 g/mol. The van der Waals surface area contributed by atoms with E-state index in [9.17, 15) is 0 Å². The fourth-order valence-electron chi connectivity index (χ4n) is 0.893. The molecule has 0 N–H and O–H groups in total. The number of aromatic nitrogens is 1. The van der Waals surface area contributed by atoms with Crippen LogP contribution in [0.15, 0.2) is 22.9 Å². The van der Waals surface area contributed by atoms with Gasteiger partial charge in [-0.3, -0.25) is 4.98 Å². The van der Waals surface area contributed by atoms with E-state index in [-0.39, 0.29) is 0 Å². The van der Waals surface area contributed by atoms with Gasteiger partial charge in [-0.2, -0.15) is 0 Å². The molecule has 1 aromatic rings. The lowest BCUT2D eigenvalue weighted by molar-refractivity contribution is 1.18. The molecule has 2 heteroatoms. The van der Waals surface area contributed by atoms with E-state index >= 15 is 0 Å². The van der Waals surface area contributed by atoms with Gasteiger partial charge in [0, 0.05) is 28.3 Å². The second kappa shape index (κ2) is 3.28. The molecule has 12 heavy (non-hydrogen) atoms. The number of hydrogen-bond donors (Lipinski definition) is 0. The van der Waals surface area contributed by atoms with Crippen LogP contribution in [0.25, 0.3) is 0 Å². The minimum atomic E-state index is 0.656. The Kier molecular flexibility index (Phi) is 2.14. The summed E-state index contributed by atoms with van der Waals surface area (Å²) < 4.78 is 0.991. The predicted octanol–water partition coefficient (Wildman–Crippen LogP) is 2.61. The largest absolute Gasteiger partial charge is 0.262 e. The van der Waals surface area contributed by atoms with E-state index in [0.29, 0.717) is 5.92 Å². The van der Waals surface area contributed by atoms with E-state index in [1.54, 1.807) is 12.4 Å². The highest BCUT2D eigenvalue weighted by Gasteiger charge is 2.17. The van der Waals surface area contributed by atoms with Gasteiger partial charge in [-0.05, 0) is 34.8 Å². The zero-order valence-electron chi connectivity index (χ0n) is 6.55. The number of hydrogen-bond acceptors (Lipinski definition) is 1. The Morgan fingerprint density at radius 2 is 2.25 bits per heavy atom. The van der Waals surface area contributed by atoms with E-state index in [2.05, 4.69) is 32.8 Å². The molecule has 1 fully saturated rings. The number of rotatable bonds is 0. The first-order valence-electron chi connectivity index (χ1n) is 3.97. The van der Waals surface area contributed by atoms with Gasteiger partial charge >= 0.3 is 0 Å². The van der Waals surface area contributed by atoms with E-state index in [0.717, 1.165) is 10.0 Å². The van der Waals surface area contributed by atoms with Crippen molar-refractivity contribution in [2.75, 3.05) is 0 Å². The van der Waals surface area contributed by atoms with Crippen LogP contribution in [0.1, 0.15) is 18.4 Å². The van der Waals surface area contributed by atoms with Crippen LogP contribution < -0.4 is 0 Å². The van der Waals surface area contributed by atoms with Crippen molar-refractivity contribution in [3.63, 3.8) is 0 Å². The lowest BCUT2D eigenvalue weighted by Gasteiger charge is -1.89. The lowest BCUT2D eigenvalue weighted by atomic mass is 10.3. The highest BCUT2D eigenvalue weighted by molar-refractivity contribution is 9.10. The van der Waals surface area contributed by atoms with Crippen LogP contribution in [-0.2, 0) is 0 Å². The molecule has 1 aliphatic rings. The van der Waals surface area contributed by atoms with Crippen molar-refractivity contribution < 1.29 is 0 Å². The Morgan fingerprint density at radius 3 is 2.92 bits per heavy atom. The summed E-state index contributed by atoms with van der Waals surface area (Å²) in [5.41, 5.74) is 0.997. The summed E-state index contributed by atoms with van der Waals surface area (Å²) >= 11 is 3.35. The number of pyridine rings is 1. The average Bonchev–Trinajstić information content (AvgIpc) is 2.84. The molecule has 1 nitrogen and oxygen atoms in total. The monoisotopic (exact) mass is 221 g/mol. The topological polar surface area (TPSA) is 12.9 Å². The Morgan fingerprint density at radius 1 is 1.42 bits per heavy atom. The third-order valence-corrected chi connectivity index (χ3v) is 2.14. The van der Waals surface area contributed by atoms with Gasteiger partial charge in [0.15, 0.2) is 0 Å². The van der Waals surface area contributed by atoms with Crippen molar-refractivity contribution in [1.29, 1.82) is 0 Å². The maximum Gasteiger partial charge on any atom is 0.0440 e. The first-order chi connectivity index (χ1) is 5.84. The van der Waals surface area contributed by atoms with E-state index < -0.39 is 0 Å². The maximum absolute atomic E-state index is 4.03. The minimum Gasteiger partial charge on any atom is -0.262 e. The molecule has 0 atom stereocenters. The molecular formula is C10H8BrN. The number of nitrogens with zero attached hydrogens (tertiary/aromatic N) is 1. The summed E-state index contributed by atoms with van der Waals surface area (Å²) in [6.45, 7) is 0. The van der Waals surface area contributed by atoms with Crippen LogP contribution in [-0.4, -0.2) is 4.98 Å². The third-order valence-electron chi connectivity index (χ3n) is 1.70. The fourth-order valence-corrected chi connectivity index (χ4v) is 1.26. The van der Waals surface area contributed by atoms with Crippen LogP contribution >= 0.6 is 15.9 Å². The first-order valence-corrected chi connectivity index (χ1v) is 4.76. The molecule has 0 bridgehead atoms. The molecule has 0 spiro atoms. The van der Waals surface area contributed by atoms with Gasteiger partial charge in [0.2, 0.25) is 0 Å². The Labute approximate surface area is 80.3 Å². The van der Waals surface area contributed by atoms with Crippen molar-refractivity contribution in [3.05, 3.63) is 28.5 Å².